The first-order valence-corrected chi connectivity index (χ1v) is 7.85. The summed E-state index contributed by atoms with van der Waals surface area (Å²) in [5, 5.41) is 0. The molecule has 110 valence electrons. The molecule has 1 amide bonds. The number of likely N-dealkylation sites (tertiary alicyclic amines) is 1. The van der Waals surface area contributed by atoms with Gasteiger partial charge in [0.2, 0.25) is 5.91 Å². The highest BCUT2D eigenvalue weighted by Gasteiger charge is 2.23. The van der Waals surface area contributed by atoms with Crippen LogP contribution < -0.4 is 0 Å². The summed E-state index contributed by atoms with van der Waals surface area (Å²) in [6.45, 7) is 6.17. The van der Waals surface area contributed by atoms with Gasteiger partial charge in [0.05, 0.1) is 0 Å². The molecule has 0 spiro atoms. The van der Waals surface area contributed by atoms with Crippen molar-refractivity contribution >= 4 is 5.91 Å². The molecule has 0 aromatic carbocycles. The van der Waals surface area contributed by atoms with E-state index in [0.29, 0.717) is 24.2 Å². The van der Waals surface area contributed by atoms with Gasteiger partial charge < -0.3 is 4.90 Å². The van der Waals surface area contributed by atoms with Crippen LogP contribution in [-0.4, -0.2) is 28.9 Å². The van der Waals surface area contributed by atoms with Crippen LogP contribution in [0.25, 0.3) is 0 Å². The summed E-state index contributed by atoms with van der Waals surface area (Å²) in [6.07, 6.45) is 8.93. The van der Waals surface area contributed by atoms with Gasteiger partial charge >= 0.3 is 0 Å². The number of aromatic nitrogens is 1. The van der Waals surface area contributed by atoms with Crippen LogP contribution in [-0.2, 0) is 11.2 Å². The van der Waals surface area contributed by atoms with Gasteiger partial charge in [0.1, 0.15) is 0 Å². The van der Waals surface area contributed by atoms with Crippen molar-refractivity contribution in [3.8, 4) is 0 Å². The Labute approximate surface area is 122 Å². The fraction of sp³-hybridized carbons (Fsp3) is 0.647. The largest absolute Gasteiger partial charge is 0.343 e. The van der Waals surface area contributed by atoms with Crippen LogP contribution in [0.4, 0.5) is 0 Å². The maximum atomic E-state index is 12.1. The number of carbonyl (C=O) groups excluding carboxylic acids is 1. The third-order valence-electron chi connectivity index (χ3n) is 4.43. The maximum Gasteiger partial charge on any atom is 0.222 e. The number of pyridine rings is 1. The Bertz CT molecular complexity index is 410. The Balaban J connectivity index is 1.76. The molecule has 2 rings (SSSR count). The molecule has 20 heavy (non-hydrogen) atoms. The topological polar surface area (TPSA) is 33.2 Å². The lowest BCUT2D eigenvalue weighted by molar-refractivity contribution is -0.133. The number of amides is 1. The molecule has 1 saturated heterocycles. The molecule has 0 radical (unpaired) electrons. The Kier molecular flexibility index (Phi) is 5.57. The van der Waals surface area contributed by atoms with Gasteiger partial charge in [0.15, 0.2) is 0 Å². The van der Waals surface area contributed by atoms with E-state index in [2.05, 4.69) is 29.8 Å². The second kappa shape index (κ2) is 7.41. The second-order valence-electron chi connectivity index (χ2n) is 6.11. The van der Waals surface area contributed by atoms with E-state index in [1.807, 2.05) is 18.5 Å². The van der Waals surface area contributed by atoms with Crippen molar-refractivity contribution in [2.75, 3.05) is 13.1 Å². The number of hydrogen-bond acceptors (Lipinski definition) is 2. The summed E-state index contributed by atoms with van der Waals surface area (Å²) in [5.74, 6) is 1.56. The van der Waals surface area contributed by atoms with Crippen molar-refractivity contribution in [3.05, 3.63) is 30.1 Å². The van der Waals surface area contributed by atoms with E-state index in [1.165, 1.54) is 5.56 Å². The Morgan fingerprint density at radius 3 is 2.80 bits per heavy atom. The lowest BCUT2D eigenvalue weighted by atomic mass is 9.90. The molecule has 1 aromatic heterocycles. The summed E-state index contributed by atoms with van der Waals surface area (Å²) < 4.78 is 0. The van der Waals surface area contributed by atoms with Gasteiger partial charge in [-0.1, -0.05) is 26.3 Å². The number of hydrogen-bond donors (Lipinski definition) is 0. The lowest BCUT2D eigenvalue weighted by Crippen LogP contribution is -2.39. The summed E-state index contributed by atoms with van der Waals surface area (Å²) in [5.41, 5.74) is 1.32. The first kappa shape index (κ1) is 15.0. The molecule has 3 heteroatoms. The Hall–Kier alpha value is -1.38. The van der Waals surface area contributed by atoms with Crippen molar-refractivity contribution in [1.82, 2.24) is 9.88 Å². The molecule has 0 N–H and O–H groups in total. The molecule has 1 aliphatic heterocycles. The average Bonchev–Trinajstić information content (AvgIpc) is 2.49. The van der Waals surface area contributed by atoms with Crippen molar-refractivity contribution in [2.45, 2.75) is 46.0 Å². The van der Waals surface area contributed by atoms with Crippen molar-refractivity contribution in [1.29, 1.82) is 0 Å². The van der Waals surface area contributed by atoms with Crippen LogP contribution in [0.2, 0.25) is 0 Å². The molecule has 0 saturated carbocycles. The zero-order valence-corrected chi connectivity index (χ0v) is 12.7. The highest BCUT2D eigenvalue weighted by atomic mass is 16.2. The highest BCUT2D eigenvalue weighted by Crippen LogP contribution is 2.22. The molecule has 0 unspecified atom stereocenters. The summed E-state index contributed by atoms with van der Waals surface area (Å²) in [4.78, 5) is 18.4. The van der Waals surface area contributed by atoms with Crippen molar-refractivity contribution in [2.24, 2.45) is 11.8 Å². The predicted octanol–water partition coefficient (Wildman–Crippen LogP) is 3.30. The molecule has 2 heterocycles. The molecule has 3 nitrogen and oxygen atoms in total. The minimum Gasteiger partial charge on any atom is -0.343 e. The number of nitrogens with zero attached hydrogens (tertiary/aromatic N) is 2. The van der Waals surface area contributed by atoms with E-state index >= 15 is 0 Å². The fourth-order valence-corrected chi connectivity index (χ4v) is 2.81. The first-order valence-electron chi connectivity index (χ1n) is 7.85. The minimum absolute atomic E-state index is 0.346. The number of carbonyl (C=O) groups is 1. The number of rotatable bonds is 5. The molecule has 0 bridgehead atoms. The van der Waals surface area contributed by atoms with Gasteiger partial charge in [-0.3, -0.25) is 9.78 Å². The third kappa shape index (κ3) is 4.32. The van der Waals surface area contributed by atoms with Crippen LogP contribution in [0.15, 0.2) is 24.5 Å². The maximum absolute atomic E-state index is 12.1. The standard InChI is InChI=1S/C17H26N2O/c1-3-14(2)11-17(20)19-9-6-15(7-10-19)12-16-5-4-8-18-13-16/h4-5,8,13-15H,3,6-7,9-12H2,1-2H3/t14-/m1/s1. The van der Waals surface area contributed by atoms with Gasteiger partial charge in [-0.2, -0.15) is 0 Å². The van der Waals surface area contributed by atoms with Crippen LogP contribution in [0.3, 0.4) is 0 Å². The predicted molar refractivity (Wildman–Crippen MR) is 81.3 cm³/mol. The zero-order chi connectivity index (χ0) is 14.4. The van der Waals surface area contributed by atoms with E-state index in [1.54, 1.807) is 0 Å². The Morgan fingerprint density at radius 2 is 2.20 bits per heavy atom. The first-order chi connectivity index (χ1) is 9.69. The SMILES string of the molecule is CC[C@@H](C)CC(=O)N1CCC(Cc2cccnc2)CC1. The molecular weight excluding hydrogens is 248 g/mol. The molecular formula is C17H26N2O. The zero-order valence-electron chi connectivity index (χ0n) is 12.7. The Morgan fingerprint density at radius 1 is 1.45 bits per heavy atom. The van der Waals surface area contributed by atoms with Gasteiger partial charge in [0, 0.05) is 31.9 Å². The van der Waals surface area contributed by atoms with E-state index in [-0.39, 0.29) is 0 Å². The minimum atomic E-state index is 0.346. The summed E-state index contributed by atoms with van der Waals surface area (Å²) >= 11 is 0. The van der Waals surface area contributed by atoms with Crippen LogP contribution in [0.5, 0.6) is 0 Å². The quantitative estimate of drug-likeness (QED) is 0.825. The summed E-state index contributed by atoms with van der Waals surface area (Å²) in [6, 6.07) is 4.15. The van der Waals surface area contributed by atoms with Crippen molar-refractivity contribution < 1.29 is 4.79 Å². The molecule has 1 aromatic rings. The van der Waals surface area contributed by atoms with Gasteiger partial charge in [-0.05, 0) is 42.7 Å². The lowest BCUT2D eigenvalue weighted by Gasteiger charge is -2.32. The van der Waals surface area contributed by atoms with E-state index < -0.39 is 0 Å². The molecule has 1 fully saturated rings. The van der Waals surface area contributed by atoms with E-state index in [0.717, 1.165) is 38.8 Å². The van der Waals surface area contributed by atoms with Gasteiger partial charge in [-0.15, -0.1) is 0 Å². The second-order valence-corrected chi connectivity index (χ2v) is 6.11. The van der Waals surface area contributed by atoms with Crippen LogP contribution in [0, 0.1) is 11.8 Å². The molecule has 1 aliphatic rings. The highest BCUT2D eigenvalue weighted by molar-refractivity contribution is 5.76. The third-order valence-corrected chi connectivity index (χ3v) is 4.43. The van der Waals surface area contributed by atoms with Crippen molar-refractivity contribution in [3.63, 3.8) is 0 Å². The molecule has 0 aliphatic carbocycles. The normalized spacial score (nSPS) is 18.0. The van der Waals surface area contributed by atoms with Gasteiger partial charge in [-0.25, -0.2) is 0 Å². The average molecular weight is 274 g/mol. The van der Waals surface area contributed by atoms with E-state index in [4.69, 9.17) is 0 Å². The molecule has 1 atom stereocenters. The van der Waals surface area contributed by atoms with Gasteiger partial charge in [0.25, 0.3) is 0 Å². The van der Waals surface area contributed by atoms with Crippen LogP contribution >= 0.6 is 0 Å². The smallest absolute Gasteiger partial charge is 0.222 e. The monoisotopic (exact) mass is 274 g/mol. The van der Waals surface area contributed by atoms with E-state index in [9.17, 15) is 4.79 Å². The van der Waals surface area contributed by atoms with Crippen LogP contribution in [0.1, 0.15) is 45.1 Å². The summed E-state index contributed by atoms with van der Waals surface area (Å²) in [7, 11) is 0. The number of piperidine rings is 1. The fourth-order valence-electron chi connectivity index (χ4n) is 2.81.